The third-order valence-corrected chi connectivity index (χ3v) is 11.7. The Labute approximate surface area is 404 Å². The van der Waals surface area contributed by atoms with E-state index >= 15 is 0 Å². The largest absolute Gasteiger partial charge is 3.00 e. The fraction of sp³-hybridized carbons (Fsp3) is 0.889. The zero-order valence-electron chi connectivity index (χ0n) is 42.1. The molecule has 0 rings (SSSR count). The summed E-state index contributed by atoms with van der Waals surface area (Å²) in [5.74, 6) is -4.35. The van der Waals surface area contributed by atoms with Crippen molar-refractivity contribution in [3.05, 3.63) is 0 Å². The number of hydrogen-bond acceptors (Lipinski definition) is 9. The van der Waals surface area contributed by atoms with Crippen LogP contribution in [0, 0.1) is 0 Å². The third kappa shape index (κ3) is 69.0. The summed E-state index contributed by atoms with van der Waals surface area (Å²) in [5.41, 5.74) is 0. The van der Waals surface area contributed by atoms with Crippen molar-refractivity contribution >= 4 is 52.6 Å². The van der Waals surface area contributed by atoms with Gasteiger partial charge in [-0.05, 0) is 19.3 Å². The molecule has 0 aliphatic carbocycles. The molecule has 372 valence electrons. The first-order valence-electron chi connectivity index (χ1n) is 26.6. The number of unbranched alkanes of at least 4 members (excludes halogenated alkanes) is 36. The van der Waals surface area contributed by atoms with Gasteiger partial charge in [-0.25, -0.2) is 0 Å². The average Bonchev–Trinajstić information content (AvgIpc) is 3.22. The van der Waals surface area contributed by atoms with E-state index < -0.39 is 37.2 Å². The Kier molecular flexibility index (Phi) is 63.1. The number of hydrogen-bond donors (Lipinski definition) is 0. The number of aliphatic carboxylic acids is 3. The second-order valence-electron chi connectivity index (χ2n) is 18.2. The minimum Gasteiger partial charge on any atom is -0.550 e. The van der Waals surface area contributed by atoms with Crippen molar-refractivity contribution in [3.8, 4) is 0 Å². The summed E-state index contributed by atoms with van der Waals surface area (Å²) < 4.78 is 0. The minimum atomic E-state index is -1.25. The molecular weight excluding hydrogens is 820 g/mol. The third-order valence-electron chi connectivity index (χ3n) is 11.7. The monoisotopic (exact) mass is 919 g/mol. The van der Waals surface area contributed by atoms with Gasteiger partial charge < -0.3 is 29.7 Å². The Hall–Kier alpha value is -2.05. The van der Waals surface area contributed by atoms with E-state index in [4.69, 9.17) is 0 Å². The molecule has 0 aliphatic heterocycles. The van der Waals surface area contributed by atoms with Gasteiger partial charge in [0.15, 0.2) is 0 Å². The van der Waals surface area contributed by atoms with Crippen LogP contribution in [0.15, 0.2) is 0 Å². The van der Waals surface area contributed by atoms with Crippen LogP contribution in [0.2, 0.25) is 0 Å². The molecule has 0 aromatic rings. The molecule has 0 aromatic heterocycles. The van der Waals surface area contributed by atoms with E-state index in [1.165, 1.54) is 193 Å². The van der Waals surface area contributed by atoms with Crippen molar-refractivity contribution in [3.63, 3.8) is 0 Å². The van der Waals surface area contributed by atoms with Crippen molar-refractivity contribution in [2.45, 2.75) is 310 Å². The van der Waals surface area contributed by atoms with Crippen molar-refractivity contribution in [2.75, 3.05) is 0 Å². The molecule has 64 heavy (non-hydrogen) atoms. The Balaban J connectivity index is -0.000000419. The molecular formula is C54H99AlO9. The molecule has 0 aliphatic rings. The summed E-state index contributed by atoms with van der Waals surface area (Å²) in [6, 6.07) is 0. The number of Topliss-reactive ketones (excluding diaryl/α,β-unsaturated/α-hetero) is 3. The first kappa shape index (κ1) is 68.5. The van der Waals surface area contributed by atoms with Gasteiger partial charge in [-0.15, -0.1) is 0 Å². The number of carbonyl (C=O) groups excluding carboxylic acids is 6. The average molecular weight is 919 g/mol. The Morgan fingerprint density at radius 3 is 0.484 bits per heavy atom. The van der Waals surface area contributed by atoms with Gasteiger partial charge >= 0.3 is 17.4 Å². The molecule has 0 aromatic carbocycles. The van der Waals surface area contributed by atoms with Crippen LogP contribution in [0.25, 0.3) is 0 Å². The second-order valence-corrected chi connectivity index (χ2v) is 18.2. The van der Waals surface area contributed by atoms with Gasteiger partial charge in [-0.1, -0.05) is 252 Å². The quantitative estimate of drug-likeness (QED) is 0.0327. The molecule has 0 fully saturated rings. The molecule has 0 unspecified atom stereocenters. The fourth-order valence-corrected chi connectivity index (χ4v) is 7.77. The fourth-order valence-electron chi connectivity index (χ4n) is 7.77. The first-order chi connectivity index (χ1) is 30.5. The van der Waals surface area contributed by atoms with Gasteiger partial charge in [0.05, 0.1) is 0 Å². The van der Waals surface area contributed by atoms with Gasteiger partial charge in [-0.2, -0.15) is 0 Å². The molecule has 0 atom stereocenters. The maximum atomic E-state index is 11.1. The number of ketones is 3. The van der Waals surface area contributed by atoms with E-state index in [-0.39, 0.29) is 34.7 Å². The molecule has 0 amide bonds. The van der Waals surface area contributed by atoms with E-state index in [0.29, 0.717) is 19.3 Å². The van der Waals surface area contributed by atoms with Gasteiger partial charge in [0.25, 0.3) is 0 Å². The summed E-state index contributed by atoms with van der Waals surface area (Å²) in [7, 11) is 0. The summed E-state index contributed by atoms with van der Waals surface area (Å²) in [5, 5.41) is 30.6. The van der Waals surface area contributed by atoms with Crippen LogP contribution in [0.5, 0.6) is 0 Å². The van der Waals surface area contributed by atoms with E-state index in [1.54, 1.807) is 0 Å². The SMILES string of the molecule is CCCCCCCCCCCCCCCC(=O)CC(=O)[O-].CCCCCCCCCCCCCCCC(=O)CC(=O)[O-].CCCCCCCCCCCCCCCC(=O)CC(=O)[O-].[Al+3]. The van der Waals surface area contributed by atoms with E-state index in [1.807, 2.05) is 0 Å². The molecule has 0 N–H and O–H groups in total. The van der Waals surface area contributed by atoms with Crippen molar-refractivity contribution in [2.24, 2.45) is 0 Å². The summed E-state index contributed by atoms with van der Waals surface area (Å²) >= 11 is 0. The van der Waals surface area contributed by atoms with Gasteiger partial charge in [0.1, 0.15) is 17.3 Å². The van der Waals surface area contributed by atoms with Crippen molar-refractivity contribution in [1.82, 2.24) is 0 Å². The predicted molar refractivity (Wildman–Crippen MR) is 261 cm³/mol. The van der Waals surface area contributed by atoms with Crippen LogP contribution in [-0.4, -0.2) is 52.6 Å². The topological polar surface area (TPSA) is 172 Å². The maximum absolute atomic E-state index is 11.1. The van der Waals surface area contributed by atoms with Crippen LogP contribution < -0.4 is 15.3 Å². The number of carboxylic acids is 3. The van der Waals surface area contributed by atoms with E-state index in [0.717, 1.165) is 57.8 Å². The van der Waals surface area contributed by atoms with Crippen LogP contribution in [-0.2, 0) is 28.8 Å². The minimum absolute atomic E-state index is 0. The van der Waals surface area contributed by atoms with Crippen LogP contribution in [0.3, 0.4) is 0 Å². The number of rotatable bonds is 48. The number of carboxylic acid groups (broad SMARTS) is 3. The molecule has 0 saturated carbocycles. The van der Waals surface area contributed by atoms with Crippen molar-refractivity contribution in [1.29, 1.82) is 0 Å². The maximum Gasteiger partial charge on any atom is 3.00 e. The molecule has 9 nitrogen and oxygen atoms in total. The molecule has 0 bridgehead atoms. The summed E-state index contributed by atoms with van der Waals surface area (Å²) in [6.45, 7) is 6.75. The predicted octanol–water partition coefficient (Wildman–Crippen LogP) is 12.1. The molecule has 0 spiro atoms. The van der Waals surface area contributed by atoms with E-state index in [9.17, 15) is 44.1 Å². The normalized spacial score (nSPS) is 10.5. The molecule has 0 saturated heterocycles. The smallest absolute Gasteiger partial charge is 0.550 e. The number of carbonyl (C=O) groups is 6. The standard InChI is InChI=1S/3C18H34O3.Al/c3*1-2-3-4-5-6-7-8-9-10-11-12-13-14-15-17(19)16-18(20)21;/h3*2-16H2,1H3,(H,20,21);/q;;;+3/p-3. The van der Waals surface area contributed by atoms with E-state index in [2.05, 4.69) is 20.8 Å². The van der Waals surface area contributed by atoms with Crippen LogP contribution >= 0.6 is 0 Å². The molecule has 10 heteroatoms. The van der Waals surface area contributed by atoms with Gasteiger partial charge in [0, 0.05) is 56.4 Å². The van der Waals surface area contributed by atoms with Crippen LogP contribution in [0.4, 0.5) is 0 Å². The Morgan fingerprint density at radius 2 is 0.359 bits per heavy atom. The Bertz CT molecular complexity index is 919. The second kappa shape index (κ2) is 59.0. The summed E-state index contributed by atoms with van der Waals surface area (Å²) in [6.07, 6.45) is 49.4. The van der Waals surface area contributed by atoms with Gasteiger partial charge in [-0.3, -0.25) is 14.4 Å². The zero-order chi connectivity index (χ0) is 47.3. The summed E-state index contributed by atoms with van der Waals surface area (Å²) in [4.78, 5) is 64.0. The van der Waals surface area contributed by atoms with Gasteiger partial charge in [0.2, 0.25) is 0 Å². The molecule has 0 heterocycles. The van der Waals surface area contributed by atoms with Crippen molar-refractivity contribution < 1.29 is 44.1 Å². The Morgan fingerprint density at radius 1 is 0.234 bits per heavy atom. The zero-order valence-corrected chi connectivity index (χ0v) is 43.2. The molecule has 0 radical (unpaired) electrons. The first-order valence-corrected chi connectivity index (χ1v) is 26.6. The van der Waals surface area contributed by atoms with Crippen LogP contribution in [0.1, 0.15) is 310 Å².